The molecule has 0 unspecified atom stereocenters. The molecule has 0 bridgehead atoms. The van der Waals surface area contributed by atoms with Gasteiger partial charge in [-0.2, -0.15) is 0 Å². The second kappa shape index (κ2) is 5.98. The van der Waals surface area contributed by atoms with Crippen LogP contribution in [-0.4, -0.2) is 18.3 Å². The molecule has 1 saturated heterocycles. The molecule has 0 atom stereocenters. The third kappa shape index (κ3) is 3.21. The predicted molar refractivity (Wildman–Crippen MR) is 105 cm³/mol. The fraction of sp³-hybridized carbons (Fsp3) is 0.429. The molecule has 4 rings (SSSR count). The molecule has 4 nitrogen and oxygen atoms in total. The monoisotopic (exact) mass is 369 g/mol. The van der Waals surface area contributed by atoms with Crippen molar-refractivity contribution < 1.29 is 18.4 Å². The van der Waals surface area contributed by atoms with E-state index in [9.17, 15) is 4.39 Å². The quantitative estimate of drug-likeness (QED) is 0.659. The van der Waals surface area contributed by atoms with Gasteiger partial charge in [-0.05, 0) is 75.8 Å². The molecule has 0 aromatic heterocycles. The Labute approximate surface area is 159 Å². The lowest BCUT2D eigenvalue weighted by Crippen LogP contribution is -2.41. The summed E-state index contributed by atoms with van der Waals surface area (Å²) < 4.78 is 31.8. The van der Waals surface area contributed by atoms with Crippen LogP contribution in [0.2, 0.25) is 0 Å². The molecule has 2 aromatic carbocycles. The summed E-state index contributed by atoms with van der Waals surface area (Å²) in [6, 6.07) is 12.1. The van der Waals surface area contributed by atoms with Gasteiger partial charge in [0.25, 0.3) is 0 Å². The zero-order valence-electron chi connectivity index (χ0n) is 16.2. The molecule has 6 heteroatoms. The molecule has 1 aliphatic carbocycles. The van der Waals surface area contributed by atoms with Gasteiger partial charge >= 0.3 is 7.12 Å². The van der Waals surface area contributed by atoms with Crippen molar-refractivity contribution in [2.45, 2.75) is 57.3 Å². The van der Waals surface area contributed by atoms with E-state index in [0.717, 1.165) is 23.9 Å². The summed E-state index contributed by atoms with van der Waals surface area (Å²) in [6.45, 7) is 8.09. The van der Waals surface area contributed by atoms with Crippen LogP contribution in [0.4, 0.5) is 10.1 Å². The van der Waals surface area contributed by atoms with Gasteiger partial charge < -0.3 is 19.8 Å². The van der Waals surface area contributed by atoms with Crippen molar-refractivity contribution in [1.29, 1.82) is 0 Å². The molecule has 0 amide bonds. The summed E-state index contributed by atoms with van der Waals surface area (Å²) in [4.78, 5) is 0. The largest absolute Gasteiger partial charge is 0.494 e. The maximum absolute atomic E-state index is 13.2. The van der Waals surface area contributed by atoms with Gasteiger partial charge in [-0.1, -0.05) is 18.2 Å². The molecule has 2 aromatic rings. The number of hydrogen-bond donors (Lipinski definition) is 1. The van der Waals surface area contributed by atoms with Crippen LogP contribution in [0.25, 0.3) is 0 Å². The lowest BCUT2D eigenvalue weighted by molar-refractivity contribution is 0.00578. The average Bonchev–Trinajstić information content (AvgIpc) is 3.32. The number of nitrogens with two attached hydrogens (primary N) is 1. The SMILES string of the molecule is CC1(C)OB(c2ccc(N)c(OC3(c4ccc(F)cc4)CC3)c2)OC1(C)C. The zero-order chi connectivity index (χ0) is 19.4. The van der Waals surface area contributed by atoms with Gasteiger partial charge in [-0.3, -0.25) is 0 Å². The molecule has 0 spiro atoms. The summed E-state index contributed by atoms with van der Waals surface area (Å²) in [7, 11) is -0.473. The van der Waals surface area contributed by atoms with Crippen molar-refractivity contribution in [3.63, 3.8) is 0 Å². The first-order chi connectivity index (χ1) is 12.6. The highest BCUT2D eigenvalue weighted by atomic mass is 19.1. The Morgan fingerprint density at radius 1 is 0.963 bits per heavy atom. The molecule has 1 saturated carbocycles. The highest BCUT2D eigenvalue weighted by molar-refractivity contribution is 6.62. The van der Waals surface area contributed by atoms with Crippen molar-refractivity contribution in [3.8, 4) is 5.75 Å². The van der Waals surface area contributed by atoms with Crippen LogP contribution < -0.4 is 15.9 Å². The maximum Gasteiger partial charge on any atom is 0.494 e. The van der Waals surface area contributed by atoms with Crippen LogP contribution >= 0.6 is 0 Å². The Hall–Kier alpha value is -2.05. The van der Waals surface area contributed by atoms with Crippen molar-refractivity contribution in [2.75, 3.05) is 5.73 Å². The number of benzene rings is 2. The van der Waals surface area contributed by atoms with Gasteiger partial charge in [-0.15, -0.1) is 0 Å². The Balaban J connectivity index is 1.60. The molecule has 0 radical (unpaired) electrons. The summed E-state index contributed by atoms with van der Waals surface area (Å²) in [5.41, 5.74) is 7.30. The van der Waals surface area contributed by atoms with Gasteiger partial charge in [0.05, 0.1) is 16.9 Å². The average molecular weight is 369 g/mol. The van der Waals surface area contributed by atoms with E-state index in [2.05, 4.69) is 0 Å². The molecule has 2 fully saturated rings. The van der Waals surface area contributed by atoms with E-state index in [4.69, 9.17) is 19.8 Å². The van der Waals surface area contributed by atoms with Crippen LogP contribution in [0, 0.1) is 5.82 Å². The number of hydrogen-bond acceptors (Lipinski definition) is 4. The third-order valence-electron chi connectivity index (χ3n) is 5.94. The van der Waals surface area contributed by atoms with Crippen molar-refractivity contribution in [1.82, 2.24) is 0 Å². The summed E-state index contributed by atoms with van der Waals surface area (Å²) >= 11 is 0. The van der Waals surface area contributed by atoms with Crippen LogP contribution in [0.5, 0.6) is 5.75 Å². The van der Waals surface area contributed by atoms with Gasteiger partial charge in [0.15, 0.2) is 0 Å². The minimum absolute atomic E-state index is 0.253. The maximum atomic E-state index is 13.2. The highest BCUT2D eigenvalue weighted by Crippen LogP contribution is 2.50. The van der Waals surface area contributed by atoms with E-state index in [0.29, 0.717) is 11.4 Å². The topological polar surface area (TPSA) is 53.7 Å². The summed E-state index contributed by atoms with van der Waals surface area (Å²) in [6.07, 6.45) is 1.75. The Morgan fingerprint density at radius 2 is 1.56 bits per heavy atom. The van der Waals surface area contributed by atoms with E-state index in [1.54, 1.807) is 12.1 Å². The Morgan fingerprint density at radius 3 is 2.11 bits per heavy atom. The zero-order valence-corrected chi connectivity index (χ0v) is 16.2. The third-order valence-corrected chi connectivity index (χ3v) is 5.94. The van der Waals surface area contributed by atoms with Crippen LogP contribution in [0.1, 0.15) is 46.1 Å². The molecule has 2 N–H and O–H groups in total. The molecular formula is C21H25BFNO3. The molecule has 1 aliphatic heterocycles. The van der Waals surface area contributed by atoms with Gasteiger partial charge in [0.2, 0.25) is 0 Å². The Bertz CT molecular complexity index is 846. The number of rotatable bonds is 4. The first-order valence-corrected chi connectivity index (χ1v) is 9.32. The van der Waals surface area contributed by atoms with E-state index >= 15 is 0 Å². The molecule has 2 aliphatic rings. The number of halogens is 1. The van der Waals surface area contributed by atoms with E-state index in [-0.39, 0.29) is 5.82 Å². The second-order valence-corrected chi connectivity index (χ2v) is 8.49. The summed E-state index contributed by atoms with van der Waals surface area (Å²) in [5, 5.41) is 0. The number of anilines is 1. The van der Waals surface area contributed by atoms with E-state index in [1.807, 2.05) is 45.9 Å². The minimum atomic E-state index is -0.473. The highest BCUT2D eigenvalue weighted by Gasteiger charge is 2.52. The molecular weight excluding hydrogens is 344 g/mol. The van der Waals surface area contributed by atoms with Crippen molar-refractivity contribution in [3.05, 3.63) is 53.8 Å². The fourth-order valence-electron chi connectivity index (χ4n) is 3.29. The fourth-order valence-corrected chi connectivity index (χ4v) is 3.29. The van der Waals surface area contributed by atoms with E-state index in [1.165, 1.54) is 12.1 Å². The Kier molecular flexibility index (Phi) is 4.06. The standard InChI is InChI=1S/C21H25BFNO3/c1-19(2)20(3,4)27-22(26-19)15-7-10-17(24)18(13-15)25-21(11-12-21)14-5-8-16(23)9-6-14/h5-10,13H,11-12,24H2,1-4H3. The lowest BCUT2D eigenvalue weighted by Gasteiger charge is -2.32. The van der Waals surface area contributed by atoms with Gasteiger partial charge in [0.1, 0.15) is 17.2 Å². The normalized spacial score (nSPS) is 21.9. The van der Waals surface area contributed by atoms with Crippen LogP contribution in [0.15, 0.2) is 42.5 Å². The summed E-state index contributed by atoms with van der Waals surface area (Å²) in [5.74, 6) is 0.348. The van der Waals surface area contributed by atoms with Gasteiger partial charge in [0, 0.05) is 0 Å². The molecule has 1 heterocycles. The second-order valence-electron chi connectivity index (χ2n) is 8.49. The van der Waals surface area contributed by atoms with Crippen LogP contribution in [0.3, 0.4) is 0 Å². The minimum Gasteiger partial charge on any atom is -0.480 e. The first-order valence-electron chi connectivity index (χ1n) is 9.32. The number of ether oxygens (including phenoxy) is 1. The lowest BCUT2D eigenvalue weighted by atomic mass is 9.79. The predicted octanol–water partition coefficient (Wildman–Crippen LogP) is 3.78. The van der Waals surface area contributed by atoms with Crippen LogP contribution in [-0.2, 0) is 14.9 Å². The first kappa shape index (κ1) is 18.3. The molecule has 142 valence electrons. The molecule has 27 heavy (non-hydrogen) atoms. The van der Waals surface area contributed by atoms with Gasteiger partial charge in [-0.25, -0.2) is 4.39 Å². The smallest absolute Gasteiger partial charge is 0.480 e. The number of nitrogen functional groups attached to an aromatic ring is 1. The van der Waals surface area contributed by atoms with E-state index < -0.39 is 23.9 Å². The van der Waals surface area contributed by atoms with Crippen molar-refractivity contribution >= 4 is 18.3 Å². The van der Waals surface area contributed by atoms with Crippen molar-refractivity contribution in [2.24, 2.45) is 0 Å².